The first-order valence-corrected chi connectivity index (χ1v) is 8.31. The molecular formula is C18H27NO. The lowest BCUT2D eigenvalue weighted by molar-refractivity contribution is 0.101. The number of nitrogens with one attached hydrogen (secondary N) is 1. The van der Waals surface area contributed by atoms with Crippen molar-refractivity contribution >= 4 is 0 Å². The molecule has 0 spiro atoms. The molecule has 0 amide bonds. The quantitative estimate of drug-likeness (QED) is 0.818. The van der Waals surface area contributed by atoms with Crippen LogP contribution in [0.1, 0.15) is 56.1 Å². The van der Waals surface area contributed by atoms with Crippen molar-refractivity contribution in [3.8, 4) is 0 Å². The summed E-state index contributed by atoms with van der Waals surface area (Å²) < 4.78 is 5.73. The standard InChI is InChI=1S/C18H27NO/c1-2-19-18(11-5-8-15-9-6-12-20-15)17-13-14-7-3-4-10-16(14)17/h3-4,7,10,15,17-19H,2,5-6,8-9,11-13H2,1H3. The molecule has 1 aliphatic heterocycles. The molecule has 110 valence electrons. The first-order chi connectivity index (χ1) is 9.88. The fourth-order valence-electron chi connectivity index (χ4n) is 3.80. The van der Waals surface area contributed by atoms with E-state index in [9.17, 15) is 0 Å². The summed E-state index contributed by atoms with van der Waals surface area (Å²) >= 11 is 0. The molecule has 0 aromatic heterocycles. The zero-order chi connectivity index (χ0) is 13.8. The summed E-state index contributed by atoms with van der Waals surface area (Å²) in [5.41, 5.74) is 3.13. The highest BCUT2D eigenvalue weighted by Crippen LogP contribution is 2.38. The molecule has 0 radical (unpaired) electrons. The second-order valence-corrected chi connectivity index (χ2v) is 6.24. The van der Waals surface area contributed by atoms with Crippen molar-refractivity contribution in [2.24, 2.45) is 0 Å². The molecule has 2 heteroatoms. The van der Waals surface area contributed by atoms with Crippen molar-refractivity contribution in [1.29, 1.82) is 0 Å². The topological polar surface area (TPSA) is 21.3 Å². The molecule has 3 unspecified atom stereocenters. The number of rotatable bonds is 7. The van der Waals surface area contributed by atoms with E-state index in [4.69, 9.17) is 4.74 Å². The molecule has 3 atom stereocenters. The van der Waals surface area contributed by atoms with Crippen molar-refractivity contribution in [2.75, 3.05) is 13.2 Å². The second-order valence-electron chi connectivity index (χ2n) is 6.24. The van der Waals surface area contributed by atoms with Crippen LogP contribution in [0.15, 0.2) is 24.3 Å². The molecule has 1 heterocycles. The number of hydrogen-bond donors (Lipinski definition) is 1. The van der Waals surface area contributed by atoms with Gasteiger partial charge in [-0.3, -0.25) is 0 Å². The van der Waals surface area contributed by atoms with Crippen molar-refractivity contribution < 1.29 is 4.74 Å². The molecule has 20 heavy (non-hydrogen) atoms. The van der Waals surface area contributed by atoms with Gasteiger partial charge >= 0.3 is 0 Å². The predicted octanol–water partition coefficient (Wildman–Crippen LogP) is 3.65. The van der Waals surface area contributed by atoms with Crippen LogP contribution in [0.3, 0.4) is 0 Å². The van der Waals surface area contributed by atoms with Gasteiger partial charge in [-0.25, -0.2) is 0 Å². The Morgan fingerprint density at radius 1 is 1.35 bits per heavy atom. The molecule has 2 nitrogen and oxygen atoms in total. The lowest BCUT2D eigenvalue weighted by Gasteiger charge is -2.37. The monoisotopic (exact) mass is 273 g/mol. The lowest BCUT2D eigenvalue weighted by Crippen LogP contribution is -2.40. The van der Waals surface area contributed by atoms with E-state index in [1.54, 1.807) is 11.1 Å². The van der Waals surface area contributed by atoms with Gasteiger partial charge in [0.2, 0.25) is 0 Å². The summed E-state index contributed by atoms with van der Waals surface area (Å²) in [4.78, 5) is 0. The first-order valence-electron chi connectivity index (χ1n) is 8.31. The van der Waals surface area contributed by atoms with E-state index in [2.05, 4.69) is 36.5 Å². The lowest BCUT2D eigenvalue weighted by atomic mass is 9.72. The van der Waals surface area contributed by atoms with Crippen LogP contribution in [-0.4, -0.2) is 25.3 Å². The number of ether oxygens (including phenoxy) is 1. The van der Waals surface area contributed by atoms with E-state index >= 15 is 0 Å². The van der Waals surface area contributed by atoms with E-state index in [1.807, 2.05) is 0 Å². The van der Waals surface area contributed by atoms with Gasteiger partial charge in [0.1, 0.15) is 0 Å². The highest BCUT2D eigenvalue weighted by Gasteiger charge is 2.32. The largest absolute Gasteiger partial charge is 0.378 e. The van der Waals surface area contributed by atoms with E-state index in [1.165, 1.54) is 38.5 Å². The van der Waals surface area contributed by atoms with Crippen LogP contribution >= 0.6 is 0 Å². The third-order valence-corrected chi connectivity index (χ3v) is 4.91. The predicted molar refractivity (Wildman–Crippen MR) is 83.2 cm³/mol. The minimum Gasteiger partial charge on any atom is -0.378 e. The summed E-state index contributed by atoms with van der Waals surface area (Å²) in [7, 11) is 0. The third kappa shape index (κ3) is 3.07. The van der Waals surface area contributed by atoms with Crippen molar-refractivity contribution in [1.82, 2.24) is 5.32 Å². The van der Waals surface area contributed by atoms with Crippen molar-refractivity contribution in [2.45, 2.75) is 63.5 Å². The zero-order valence-corrected chi connectivity index (χ0v) is 12.6. The number of benzene rings is 1. The van der Waals surface area contributed by atoms with E-state index in [0.717, 1.165) is 19.1 Å². The average Bonchev–Trinajstić information content (AvgIpc) is 2.93. The zero-order valence-electron chi connectivity index (χ0n) is 12.6. The molecule has 1 aromatic carbocycles. The average molecular weight is 273 g/mol. The van der Waals surface area contributed by atoms with Crippen molar-refractivity contribution in [3.63, 3.8) is 0 Å². The van der Waals surface area contributed by atoms with Crippen molar-refractivity contribution in [3.05, 3.63) is 35.4 Å². The van der Waals surface area contributed by atoms with E-state index < -0.39 is 0 Å². The van der Waals surface area contributed by atoms with Gasteiger partial charge < -0.3 is 10.1 Å². The Morgan fingerprint density at radius 2 is 2.25 bits per heavy atom. The van der Waals surface area contributed by atoms with E-state index in [0.29, 0.717) is 12.1 Å². The molecular weight excluding hydrogens is 246 g/mol. The maximum Gasteiger partial charge on any atom is 0.0576 e. The minimum absolute atomic E-state index is 0.547. The van der Waals surface area contributed by atoms with Gasteiger partial charge in [-0.2, -0.15) is 0 Å². The molecule has 3 rings (SSSR count). The van der Waals surface area contributed by atoms with Crippen LogP contribution in [0.2, 0.25) is 0 Å². The Morgan fingerprint density at radius 3 is 3.00 bits per heavy atom. The van der Waals surface area contributed by atoms with Gasteiger partial charge in [-0.15, -0.1) is 0 Å². The van der Waals surface area contributed by atoms with Crippen LogP contribution in [-0.2, 0) is 11.2 Å². The highest BCUT2D eigenvalue weighted by molar-refractivity contribution is 5.41. The second kappa shape index (κ2) is 6.73. The number of hydrogen-bond acceptors (Lipinski definition) is 2. The Hall–Kier alpha value is -0.860. The van der Waals surface area contributed by atoms with Gasteiger partial charge in [-0.1, -0.05) is 31.2 Å². The summed E-state index contributed by atoms with van der Waals surface area (Å²) in [5.74, 6) is 0.732. The van der Waals surface area contributed by atoms with Gasteiger partial charge in [0, 0.05) is 18.6 Å². The third-order valence-electron chi connectivity index (χ3n) is 4.91. The van der Waals surface area contributed by atoms with Gasteiger partial charge in [0.25, 0.3) is 0 Å². The molecule has 1 aromatic rings. The van der Waals surface area contributed by atoms with Crippen LogP contribution in [0.5, 0.6) is 0 Å². The molecule has 1 aliphatic carbocycles. The number of fused-ring (bicyclic) bond motifs is 1. The maximum absolute atomic E-state index is 5.73. The summed E-state index contributed by atoms with van der Waals surface area (Å²) in [6.07, 6.45) is 8.17. The molecule has 0 bridgehead atoms. The Balaban J connectivity index is 1.51. The Kier molecular flexibility index (Phi) is 4.74. The fraction of sp³-hybridized carbons (Fsp3) is 0.667. The Bertz CT molecular complexity index is 425. The SMILES string of the molecule is CCNC(CCCC1CCCO1)C1Cc2ccccc21. The van der Waals surface area contributed by atoms with E-state index in [-0.39, 0.29) is 0 Å². The highest BCUT2D eigenvalue weighted by atomic mass is 16.5. The normalized spacial score (nSPS) is 26.1. The molecule has 2 aliphatic rings. The van der Waals surface area contributed by atoms with Gasteiger partial charge in [0.15, 0.2) is 0 Å². The first kappa shape index (κ1) is 14.1. The molecule has 1 saturated heterocycles. The van der Waals surface area contributed by atoms with Crippen LogP contribution < -0.4 is 5.32 Å². The summed E-state index contributed by atoms with van der Waals surface area (Å²) in [6.45, 7) is 4.28. The van der Waals surface area contributed by atoms with Crippen LogP contribution in [0.4, 0.5) is 0 Å². The maximum atomic E-state index is 5.73. The molecule has 1 fully saturated rings. The minimum atomic E-state index is 0.547. The fourth-order valence-corrected chi connectivity index (χ4v) is 3.80. The van der Waals surface area contributed by atoms with Crippen LogP contribution in [0, 0.1) is 0 Å². The van der Waals surface area contributed by atoms with Crippen LogP contribution in [0.25, 0.3) is 0 Å². The number of likely N-dealkylation sites (N-methyl/N-ethyl adjacent to an activating group) is 1. The van der Waals surface area contributed by atoms with Gasteiger partial charge in [0.05, 0.1) is 6.10 Å². The van der Waals surface area contributed by atoms with Gasteiger partial charge in [-0.05, 0) is 56.2 Å². The summed E-state index contributed by atoms with van der Waals surface area (Å²) in [6, 6.07) is 9.58. The summed E-state index contributed by atoms with van der Waals surface area (Å²) in [5, 5.41) is 3.71. The molecule has 1 N–H and O–H groups in total. The smallest absolute Gasteiger partial charge is 0.0576 e. The Labute approximate surface area is 122 Å². The molecule has 0 saturated carbocycles.